The molecule has 0 spiro atoms. The average molecular weight is 689 g/mol. The molecule has 0 aromatic heterocycles. The highest BCUT2D eigenvalue weighted by Crippen LogP contribution is 2.15. The van der Waals surface area contributed by atoms with Gasteiger partial charge in [0.2, 0.25) is 0 Å². The maximum Gasteiger partial charge on any atom is 0.00569 e. The van der Waals surface area contributed by atoms with Crippen LogP contribution in [0.2, 0.25) is 0 Å². The van der Waals surface area contributed by atoms with Crippen molar-refractivity contribution in [1.82, 2.24) is 0 Å². The van der Waals surface area contributed by atoms with Crippen LogP contribution in [0.5, 0.6) is 0 Å². The molecule has 8 heteroatoms. The summed E-state index contributed by atoms with van der Waals surface area (Å²) in [4.78, 5) is 0. The second-order valence-corrected chi connectivity index (χ2v) is 16.5. The van der Waals surface area contributed by atoms with Crippen LogP contribution in [0.3, 0.4) is 0 Å². The number of hydrogen-bond donors (Lipinski definition) is 0. The smallest absolute Gasteiger partial charge is 0.00569 e. The Kier molecular flexibility index (Phi) is 35.4. The van der Waals surface area contributed by atoms with Crippen molar-refractivity contribution in [3.05, 3.63) is 0 Å². The highest BCUT2D eigenvalue weighted by atomic mass is 32.2. The Labute approximate surface area is 282 Å². The van der Waals surface area contributed by atoms with Gasteiger partial charge in [0.15, 0.2) is 0 Å². The number of rotatable bonds is 0. The second-order valence-electron chi connectivity index (χ2n) is 9.26. The summed E-state index contributed by atoms with van der Waals surface area (Å²) in [6.45, 7) is 0. The molecule has 0 saturated carbocycles. The van der Waals surface area contributed by atoms with E-state index in [1.54, 1.807) is 94.1 Å². The van der Waals surface area contributed by atoms with Gasteiger partial charge in [-0.05, 0) is 93.4 Å². The van der Waals surface area contributed by atoms with Gasteiger partial charge < -0.3 is 0 Å². The summed E-state index contributed by atoms with van der Waals surface area (Å²) in [7, 11) is 0. The summed E-state index contributed by atoms with van der Waals surface area (Å²) in [6.07, 6.45) is 20.8. The number of thioether (sulfide) groups is 8. The zero-order valence-electron chi connectivity index (χ0n) is 24.2. The molecule has 0 aromatic rings. The summed E-state index contributed by atoms with van der Waals surface area (Å²) in [5, 5.41) is 26.2. The molecule has 0 saturated heterocycles. The van der Waals surface area contributed by atoms with Crippen molar-refractivity contribution >= 4 is 94.1 Å². The summed E-state index contributed by atoms with van der Waals surface area (Å²) in [5.74, 6) is 9.35. The first kappa shape index (κ1) is 39.1. The van der Waals surface area contributed by atoms with E-state index in [4.69, 9.17) is 0 Å². The lowest BCUT2D eigenvalue weighted by Gasteiger charge is -1.98. The van der Waals surface area contributed by atoms with Crippen LogP contribution in [0.15, 0.2) is 0 Å². The number of hydrogen-bond acceptors (Lipinski definition) is 8. The summed E-state index contributed by atoms with van der Waals surface area (Å²) < 4.78 is 0. The average Bonchev–Trinajstić information content (AvgIpc) is 2.97. The Morgan fingerprint density at radius 2 is 0.300 bits per heavy atom. The first-order valence-electron chi connectivity index (χ1n) is 14.9. The summed E-state index contributed by atoms with van der Waals surface area (Å²) in [5.41, 5.74) is 0. The Balaban J connectivity index is 2.14. The fourth-order valence-corrected chi connectivity index (χ4v) is 8.94. The summed E-state index contributed by atoms with van der Waals surface area (Å²) >= 11 is 14.4. The molecule has 40 heavy (non-hydrogen) atoms. The van der Waals surface area contributed by atoms with E-state index in [9.17, 15) is 0 Å². The highest BCUT2D eigenvalue weighted by Gasteiger charge is 1.94. The van der Waals surface area contributed by atoms with Crippen molar-refractivity contribution in [1.29, 1.82) is 0 Å². The van der Waals surface area contributed by atoms with Gasteiger partial charge in [0, 0.05) is 46.0 Å². The van der Waals surface area contributed by atoms with Crippen molar-refractivity contribution in [3.8, 4) is 42.0 Å². The standard InChI is InChI=1S/C32H48S8/c1-2-10-18-34-27-28-36-20-12-5-6-14-22-38-31-32-40-24-16-8-7-15-23-39-30-29-37-21-13-4-3-11-19-35-26-25-33-17-9-1/h1-24H2. The first-order valence-corrected chi connectivity index (χ1v) is 22.8. The van der Waals surface area contributed by atoms with Gasteiger partial charge in [-0.2, -0.15) is 0 Å². The molecule has 1 aliphatic rings. The van der Waals surface area contributed by atoms with Gasteiger partial charge in [-0.1, -0.05) is 145 Å². The van der Waals surface area contributed by atoms with Crippen LogP contribution < -0.4 is 0 Å². The predicted molar refractivity (Wildman–Crippen MR) is 205 cm³/mol. The Hall–Kier alpha value is 1.04. The molecular weight excluding hydrogens is 641 g/mol. The van der Waals surface area contributed by atoms with Crippen LogP contribution in [0.4, 0.5) is 0 Å². The van der Waals surface area contributed by atoms with E-state index in [-0.39, 0.29) is 0 Å². The van der Waals surface area contributed by atoms with E-state index in [0.29, 0.717) is 0 Å². The normalized spacial score (nSPS) is 20.8. The minimum Gasteiger partial charge on any atom is -0.0742 e. The van der Waals surface area contributed by atoms with Crippen LogP contribution in [0.1, 0.15) is 103 Å². The third-order valence-electron chi connectivity index (χ3n) is 5.72. The van der Waals surface area contributed by atoms with Crippen molar-refractivity contribution in [2.45, 2.75) is 103 Å². The van der Waals surface area contributed by atoms with Crippen LogP contribution >= 0.6 is 94.1 Å². The molecule has 0 aromatic carbocycles. The molecule has 1 rings (SSSR count). The lowest BCUT2D eigenvalue weighted by molar-refractivity contribution is 0.712. The van der Waals surface area contributed by atoms with Gasteiger partial charge in [-0.15, -0.1) is 0 Å². The van der Waals surface area contributed by atoms with Crippen molar-refractivity contribution in [2.75, 3.05) is 46.0 Å². The third kappa shape index (κ3) is 33.5. The molecule has 0 bridgehead atoms. The largest absolute Gasteiger partial charge is 0.0742 e. The highest BCUT2D eigenvalue weighted by molar-refractivity contribution is 8.08. The van der Waals surface area contributed by atoms with Crippen molar-refractivity contribution < 1.29 is 0 Å². The van der Waals surface area contributed by atoms with Gasteiger partial charge in [-0.25, -0.2) is 0 Å². The maximum absolute atomic E-state index is 3.27. The van der Waals surface area contributed by atoms with Gasteiger partial charge in [0.25, 0.3) is 0 Å². The van der Waals surface area contributed by atoms with Crippen molar-refractivity contribution in [2.24, 2.45) is 0 Å². The minimum absolute atomic E-state index is 1.17. The molecular formula is C32H48S8. The Morgan fingerprint density at radius 3 is 0.425 bits per heavy atom. The topological polar surface area (TPSA) is 0 Å². The van der Waals surface area contributed by atoms with Crippen LogP contribution in [0, 0.1) is 42.0 Å². The predicted octanol–water partition coefficient (Wildman–Crippen LogP) is 11.8. The van der Waals surface area contributed by atoms with E-state index in [0.717, 1.165) is 0 Å². The lowest BCUT2D eigenvalue weighted by Crippen LogP contribution is -1.84. The Morgan fingerprint density at radius 1 is 0.175 bits per heavy atom. The quantitative estimate of drug-likeness (QED) is 0.228. The summed E-state index contributed by atoms with van der Waals surface area (Å²) in [6, 6.07) is 0. The second kappa shape index (κ2) is 36.2. The molecule has 1 heterocycles. The monoisotopic (exact) mass is 688 g/mol. The van der Waals surface area contributed by atoms with E-state index >= 15 is 0 Å². The maximum atomic E-state index is 3.27. The molecule has 0 fully saturated rings. The lowest BCUT2D eigenvalue weighted by atomic mass is 10.2. The van der Waals surface area contributed by atoms with Gasteiger partial charge in [0.1, 0.15) is 0 Å². The van der Waals surface area contributed by atoms with Crippen molar-refractivity contribution in [3.63, 3.8) is 0 Å². The van der Waals surface area contributed by atoms with E-state index in [1.807, 2.05) is 0 Å². The molecule has 0 radical (unpaired) electrons. The first-order chi connectivity index (χ1) is 20.0. The molecule has 0 nitrogen and oxygen atoms in total. The fourth-order valence-electron chi connectivity index (χ4n) is 3.45. The SMILES string of the molecule is C1#CSCCCCCCSC#CSCCCCCCSC#CSCCCCCCSC#CSCCCCCCS1. The van der Waals surface area contributed by atoms with E-state index < -0.39 is 0 Å². The van der Waals surface area contributed by atoms with Crippen LogP contribution in [-0.2, 0) is 0 Å². The molecule has 0 aliphatic carbocycles. The van der Waals surface area contributed by atoms with Crippen LogP contribution in [0.25, 0.3) is 0 Å². The fraction of sp³-hybridized carbons (Fsp3) is 0.750. The van der Waals surface area contributed by atoms with Gasteiger partial charge >= 0.3 is 0 Å². The third-order valence-corrected chi connectivity index (χ3v) is 12.1. The molecule has 0 unspecified atom stereocenters. The zero-order valence-corrected chi connectivity index (χ0v) is 30.8. The van der Waals surface area contributed by atoms with Gasteiger partial charge in [0.05, 0.1) is 0 Å². The molecule has 0 amide bonds. The van der Waals surface area contributed by atoms with E-state index in [1.165, 1.54) is 149 Å². The molecule has 224 valence electrons. The molecule has 0 atom stereocenters. The van der Waals surface area contributed by atoms with E-state index in [2.05, 4.69) is 42.0 Å². The molecule has 1 aliphatic heterocycles. The zero-order chi connectivity index (χ0) is 28.3. The van der Waals surface area contributed by atoms with Gasteiger partial charge in [-0.3, -0.25) is 0 Å². The van der Waals surface area contributed by atoms with Crippen LogP contribution in [-0.4, -0.2) is 46.0 Å². The Bertz CT molecular complexity index is 608. The molecule has 0 N–H and O–H groups in total. The minimum atomic E-state index is 1.17.